The number of aryl methyl sites for hydroxylation is 1. The molecule has 0 saturated heterocycles. The van der Waals surface area contributed by atoms with Crippen LogP contribution in [-0.2, 0) is 0 Å². The largest absolute Gasteiger partial charge is 0.493 e. The molecule has 0 bridgehead atoms. The Morgan fingerprint density at radius 1 is 1.00 bits per heavy atom. The van der Waals surface area contributed by atoms with Gasteiger partial charge < -0.3 is 15.2 Å². The lowest BCUT2D eigenvalue weighted by Gasteiger charge is -2.10. The van der Waals surface area contributed by atoms with Crippen LogP contribution in [0.25, 0.3) is 16.9 Å². The first-order valence-corrected chi connectivity index (χ1v) is 9.89. The summed E-state index contributed by atoms with van der Waals surface area (Å²) in [6, 6.07) is 17.0. The van der Waals surface area contributed by atoms with Gasteiger partial charge in [0.1, 0.15) is 5.69 Å². The second-order valence-electron chi connectivity index (χ2n) is 6.89. The molecule has 4 rings (SSSR count). The van der Waals surface area contributed by atoms with Gasteiger partial charge in [0.05, 0.1) is 19.9 Å². The summed E-state index contributed by atoms with van der Waals surface area (Å²) in [4.78, 5) is 16.1. The number of benzene rings is 2. The summed E-state index contributed by atoms with van der Waals surface area (Å²) in [5, 5.41) is 4.39. The number of nitrogens with zero attached hydrogens (tertiary/aromatic N) is 3. The van der Waals surface area contributed by atoms with Gasteiger partial charge in [0.2, 0.25) is 0 Å². The van der Waals surface area contributed by atoms with Crippen LogP contribution in [0.1, 0.15) is 29.4 Å². The van der Waals surface area contributed by atoms with Gasteiger partial charge in [-0.15, -0.1) is 0 Å². The number of aromatic nitrogens is 3. The number of fused-ring (bicyclic) bond motifs is 1. The molecule has 160 valence electrons. The number of hydrogen-bond donors (Lipinski definition) is 1. The summed E-state index contributed by atoms with van der Waals surface area (Å²) in [6.45, 7) is 3.86. The van der Waals surface area contributed by atoms with Gasteiger partial charge in [-0.05, 0) is 43.3 Å². The van der Waals surface area contributed by atoms with Crippen molar-refractivity contribution in [2.24, 2.45) is 0 Å². The Morgan fingerprint density at radius 3 is 2.32 bits per heavy atom. The van der Waals surface area contributed by atoms with Crippen molar-refractivity contribution in [1.29, 1.82) is 0 Å². The Kier molecular flexibility index (Phi) is 6.87. The van der Waals surface area contributed by atoms with E-state index in [1.54, 1.807) is 31.0 Å². The van der Waals surface area contributed by atoms with E-state index in [0.29, 0.717) is 29.3 Å². The number of anilines is 1. The monoisotopic (exact) mass is 418 g/mol. The zero-order valence-electron chi connectivity index (χ0n) is 18.1. The standard InChI is InChI=1S/C17H17N3O3.C7H9N/c1-4-14(21)12-10-17-18-8-7-13(20(17)19-12)11-5-6-15(22-2)16(9-11)23-3;1-6-2-4-7(8)5-3-6/h5-10H,4H2,1-3H3;2-5H,8H2,1H3. The molecular weight excluding hydrogens is 392 g/mol. The molecule has 0 aliphatic heterocycles. The van der Waals surface area contributed by atoms with E-state index in [-0.39, 0.29) is 5.78 Å². The highest BCUT2D eigenvalue weighted by molar-refractivity contribution is 5.95. The second-order valence-corrected chi connectivity index (χ2v) is 6.89. The molecule has 0 unspecified atom stereocenters. The SMILES string of the molecule is CCC(=O)c1cc2nccc(-c3ccc(OC)c(OC)c3)n2n1.Cc1ccc(N)cc1. The highest BCUT2D eigenvalue weighted by Crippen LogP contribution is 2.32. The summed E-state index contributed by atoms with van der Waals surface area (Å²) in [5.74, 6) is 1.28. The molecule has 0 radical (unpaired) electrons. The van der Waals surface area contributed by atoms with Crippen LogP contribution in [-0.4, -0.2) is 34.6 Å². The molecule has 0 fully saturated rings. The van der Waals surface area contributed by atoms with Crippen molar-refractivity contribution in [3.05, 3.63) is 72.1 Å². The Bertz CT molecular complexity index is 1160. The fourth-order valence-corrected chi connectivity index (χ4v) is 2.99. The molecular formula is C24H26N4O3. The fourth-order valence-electron chi connectivity index (χ4n) is 2.99. The number of nitrogen functional groups attached to an aromatic ring is 1. The number of Topliss-reactive ketones (excluding diaryl/α,β-unsaturated/α-hetero) is 1. The first-order chi connectivity index (χ1) is 15.0. The predicted octanol–water partition coefficient (Wildman–Crippen LogP) is 4.58. The maximum absolute atomic E-state index is 11.9. The Hall–Kier alpha value is -3.87. The quantitative estimate of drug-likeness (QED) is 0.377. The minimum Gasteiger partial charge on any atom is -0.493 e. The summed E-state index contributed by atoms with van der Waals surface area (Å²) >= 11 is 0. The topological polar surface area (TPSA) is 91.7 Å². The Morgan fingerprint density at radius 2 is 1.71 bits per heavy atom. The lowest BCUT2D eigenvalue weighted by atomic mass is 10.1. The van der Waals surface area contributed by atoms with E-state index in [0.717, 1.165) is 16.9 Å². The summed E-state index contributed by atoms with van der Waals surface area (Å²) in [5.41, 5.74) is 10.3. The Labute approximate surface area is 181 Å². The lowest BCUT2D eigenvalue weighted by Crippen LogP contribution is -2.00. The van der Waals surface area contributed by atoms with Crippen molar-refractivity contribution in [2.45, 2.75) is 20.3 Å². The van der Waals surface area contributed by atoms with E-state index in [1.807, 2.05) is 62.4 Å². The van der Waals surface area contributed by atoms with Crippen molar-refractivity contribution in [1.82, 2.24) is 14.6 Å². The van der Waals surface area contributed by atoms with Crippen molar-refractivity contribution in [3.8, 4) is 22.8 Å². The third-order valence-electron chi connectivity index (χ3n) is 4.72. The van der Waals surface area contributed by atoms with Crippen molar-refractivity contribution >= 4 is 17.1 Å². The predicted molar refractivity (Wildman–Crippen MR) is 122 cm³/mol. The third kappa shape index (κ3) is 5.01. The van der Waals surface area contributed by atoms with Gasteiger partial charge in [-0.3, -0.25) is 4.79 Å². The number of carbonyl (C=O) groups is 1. The second kappa shape index (κ2) is 9.75. The molecule has 0 aliphatic carbocycles. The molecule has 7 nitrogen and oxygen atoms in total. The van der Waals surface area contributed by atoms with Gasteiger partial charge >= 0.3 is 0 Å². The zero-order chi connectivity index (χ0) is 22.4. The van der Waals surface area contributed by atoms with E-state index in [4.69, 9.17) is 15.2 Å². The van der Waals surface area contributed by atoms with Crippen LogP contribution in [0.2, 0.25) is 0 Å². The molecule has 2 aromatic carbocycles. The van der Waals surface area contributed by atoms with Crippen LogP contribution in [0.3, 0.4) is 0 Å². The third-order valence-corrected chi connectivity index (χ3v) is 4.72. The molecule has 0 spiro atoms. The van der Waals surface area contributed by atoms with E-state index < -0.39 is 0 Å². The van der Waals surface area contributed by atoms with Gasteiger partial charge in [0.25, 0.3) is 0 Å². The molecule has 2 heterocycles. The minimum absolute atomic E-state index is 0.00578. The number of carbonyl (C=O) groups excluding carboxylic acids is 1. The van der Waals surface area contributed by atoms with Gasteiger partial charge in [-0.1, -0.05) is 24.6 Å². The average molecular weight is 418 g/mol. The van der Waals surface area contributed by atoms with Crippen LogP contribution in [0.4, 0.5) is 5.69 Å². The molecule has 0 amide bonds. The maximum atomic E-state index is 11.9. The van der Waals surface area contributed by atoms with E-state index in [9.17, 15) is 4.79 Å². The van der Waals surface area contributed by atoms with Gasteiger partial charge in [0, 0.05) is 29.9 Å². The normalized spacial score (nSPS) is 10.3. The number of methoxy groups -OCH3 is 2. The van der Waals surface area contributed by atoms with Crippen molar-refractivity contribution < 1.29 is 14.3 Å². The number of nitrogens with two attached hydrogens (primary N) is 1. The number of ketones is 1. The van der Waals surface area contributed by atoms with Gasteiger partial charge in [-0.2, -0.15) is 5.10 Å². The average Bonchev–Trinajstić information content (AvgIpc) is 3.25. The van der Waals surface area contributed by atoms with E-state index in [1.165, 1.54) is 5.56 Å². The highest BCUT2D eigenvalue weighted by atomic mass is 16.5. The molecule has 2 N–H and O–H groups in total. The van der Waals surface area contributed by atoms with Gasteiger partial charge in [-0.25, -0.2) is 9.50 Å². The smallest absolute Gasteiger partial charge is 0.182 e. The first kappa shape index (κ1) is 21.8. The maximum Gasteiger partial charge on any atom is 0.182 e. The van der Waals surface area contributed by atoms with Crippen molar-refractivity contribution in [2.75, 3.05) is 20.0 Å². The molecule has 0 aliphatic rings. The zero-order valence-corrected chi connectivity index (χ0v) is 18.1. The minimum atomic E-state index is -0.00578. The first-order valence-electron chi connectivity index (χ1n) is 9.89. The summed E-state index contributed by atoms with van der Waals surface area (Å²) < 4.78 is 12.3. The highest BCUT2D eigenvalue weighted by Gasteiger charge is 2.14. The number of ether oxygens (including phenoxy) is 2. The van der Waals surface area contributed by atoms with Crippen LogP contribution in [0.15, 0.2) is 60.8 Å². The lowest BCUT2D eigenvalue weighted by molar-refractivity contribution is 0.0983. The van der Waals surface area contributed by atoms with Crippen LogP contribution >= 0.6 is 0 Å². The molecule has 31 heavy (non-hydrogen) atoms. The molecule has 4 aromatic rings. The Balaban J connectivity index is 0.000000287. The summed E-state index contributed by atoms with van der Waals surface area (Å²) in [6.07, 6.45) is 2.11. The van der Waals surface area contributed by atoms with Crippen LogP contribution in [0.5, 0.6) is 11.5 Å². The van der Waals surface area contributed by atoms with E-state index in [2.05, 4.69) is 10.1 Å². The molecule has 2 aromatic heterocycles. The van der Waals surface area contributed by atoms with Gasteiger partial charge in [0.15, 0.2) is 22.9 Å². The molecule has 0 saturated carbocycles. The molecule has 7 heteroatoms. The van der Waals surface area contributed by atoms with E-state index >= 15 is 0 Å². The number of hydrogen-bond acceptors (Lipinski definition) is 6. The van der Waals surface area contributed by atoms with Crippen LogP contribution in [0, 0.1) is 6.92 Å². The van der Waals surface area contributed by atoms with Crippen LogP contribution < -0.4 is 15.2 Å². The van der Waals surface area contributed by atoms with Crippen molar-refractivity contribution in [3.63, 3.8) is 0 Å². The number of rotatable bonds is 5. The molecule has 0 atom stereocenters. The summed E-state index contributed by atoms with van der Waals surface area (Å²) in [7, 11) is 3.19. The fraction of sp³-hybridized carbons (Fsp3) is 0.208.